The fourth-order valence-corrected chi connectivity index (χ4v) is 11.9. The number of benzene rings is 4. The van der Waals surface area contributed by atoms with Crippen molar-refractivity contribution in [2.24, 2.45) is 15.9 Å². The van der Waals surface area contributed by atoms with E-state index in [0.717, 1.165) is 27.2 Å². The van der Waals surface area contributed by atoms with Crippen molar-refractivity contribution >= 4 is 87.9 Å². The van der Waals surface area contributed by atoms with Gasteiger partial charge in [0, 0.05) is 100.0 Å². The first-order chi connectivity index (χ1) is 52.0. The number of rotatable bonds is 46. The maximum absolute atomic E-state index is 14.2. The van der Waals surface area contributed by atoms with Gasteiger partial charge in [-0.2, -0.15) is 0 Å². The van der Waals surface area contributed by atoms with E-state index in [0.29, 0.717) is 181 Å². The lowest BCUT2D eigenvalue weighted by molar-refractivity contribution is -0.137. The van der Waals surface area contributed by atoms with Gasteiger partial charge in [0.2, 0.25) is 30.4 Å². The number of imide groups is 1. The van der Waals surface area contributed by atoms with Crippen LogP contribution in [0.1, 0.15) is 84.7 Å². The van der Waals surface area contributed by atoms with Gasteiger partial charge >= 0.3 is 0 Å². The van der Waals surface area contributed by atoms with E-state index in [-0.39, 0.29) is 94.2 Å². The Morgan fingerprint density at radius 3 is 1.50 bits per heavy atom. The molecular weight excluding hydrogens is 1390 g/mol. The van der Waals surface area contributed by atoms with Gasteiger partial charge in [0.25, 0.3) is 23.6 Å². The second-order valence-corrected chi connectivity index (χ2v) is 25.5. The number of methoxy groups -OCH3 is 2. The molecule has 10 rings (SSSR count). The molecule has 31 nitrogen and oxygen atoms in total. The number of carbonyl (C=O) groups excluding carboxylic acids is 8. The van der Waals surface area contributed by atoms with Crippen LogP contribution in [0.2, 0.25) is 0 Å². The molecule has 1 unspecified atom stereocenters. The highest BCUT2D eigenvalue weighted by Crippen LogP contribution is 2.43. The Kier molecular flexibility index (Phi) is 30.1. The number of nitrogens with zero attached hydrogens (tertiary/aromatic N) is 5. The van der Waals surface area contributed by atoms with Crippen molar-refractivity contribution < 1.29 is 105 Å². The summed E-state index contributed by atoms with van der Waals surface area (Å²) in [5.41, 5.74) is 5.76. The van der Waals surface area contributed by atoms with E-state index in [2.05, 4.69) is 21.3 Å². The third-order valence-electron chi connectivity index (χ3n) is 17.6. The molecule has 31 heteroatoms. The summed E-state index contributed by atoms with van der Waals surface area (Å²) in [6, 6.07) is 17.1. The van der Waals surface area contributed by atoms with Crippen molar-refractivity contribution in [3.8, 4) is 34.5 Å². The molecule has 0 saturated carbocycles. The molecule has 6 aliphatic heterocycles. The molecule has 4 aromatic carbocycles. The van der Waals surface area contributed by atoms with Crippen molar-refractivity contribution in [3.05, 3.63) is 114 Å². The highest BCUT2D eigenvalue weighted by molar-refractivity contribution is 6.13. The van der Waals surface area contributed by atoms with Crippen LogP contribution < -0.4 is 49.7 Å². The van der Waals surface area contributed by atoms with Crippen molar-refractivity contribution in [1.29, 1.82) is 0 Å². The van der Waals surface area contributed by atoms with Gasteiger partial charge in [-0.1, -0.05) is 32.0 Å². The second-order valence-electron chi connectivity index (χ2n) is 25.5. The van der Waals surface area contributed by atoms with E-state index < -0.39 is 35.7 Å². The Balaban J connectivity index is 0.539. The van der Waals surface area contributed by atoms with Crippen molar-refractivity contribution in [2.45, 2.75) is 77.0 Å². The molecule has 4 aromatic rings. The highest BCUT2D eigenvalue weighted by Gasteiger charge is 2.36. The molecule has 0 saturated heterocycles. The number of nitrogens with one attached hydrogen (secondary N) is 4. The molecule has 0 aliphatic carbocycles. The maximum atomic E-state index is 14.2. The van der Waals surface area contributed by atoms with Gasteiger partial charge in [-0.15, -0.1) is 0 Å². The fourth-order valence-electron chi connectivity index (χ4n) is 11.9. The molecule has 107 heavy (non-hydrogen) atoms. The molecular formula is C76H93N9O22. The average Bonchev–Trinajstić information content (AvgIpc) is 1.66. The first kappa shape index (κ1) is 79.4. The summed E-state index contributed by atoms with van der Waals surface area (Å²) in [6.45, 7) is 11.7. The van der Waals surface area contributed by atoms with E-state index in [9.17, 15) is 38.4 Å². The molecule has 0 aromatic heterocycles. The Morgan fingerprint density at radius 1 is 0.514 bits per heavy atom. The summed E-state index contributed by atoms with van der Waals surface area (Å²) in [6.07, 6.45) is 11.1. The zero-order valence-corrected chi connectivity index (χ0v) is 60.8. The number of anilines is 1. The minimum absolute atomic E-state index is 0.0104. The molecule has 4 N–H and O–H groups in total. The van der Waals surface area contributed by atoms with Crippen LogP contribution in [0.25, 0.3) is 11.1 Å². The van der Waals surface area contributed by atoms with E-state index in [1.165, 1.54) is 26.4 Å². The lowest BCUT2D eigenvalue weighted by Gasteiger charge is -2.24. The van der Waals surface area contributed by atoms with Crippen LogP contribution >= 0.6 is 0 Å². The Labute approximate surface area is 620 Å². The van der Waals surface area contributed by atoms with Gasteiger partial charge in [0.05, 0.1) is 168 Å². The monoisotopic (exact) mass is 1480 g/mol. The zero-order valence-electron chi connectivity index (χ0n) is 60.8. The number of hydrogen-bond acceptors (Lipinski definition) is 24. The molecule has 0 bridgehead atoms. The van der Waals surface area contributed by atoms with Gasteiger partial charge in [0.15, 0.2) is 34.5 Å². The van der Waals surface area contributed by atoms with Crippen LogP contribution in [0, 0.1) is 5.92 Å². The summed E-state index contributed by atoms with van der Waals surface area (Å²) in [4.78, 5) is 117. The molecule has 574 valence electrons. The Hall–Kier alpha value is -10.1. The van der Waals surface area contributed by atoms with Crippen LogP contribution in [0.5, 0.6) is 34.5 Å². The number of amides is 8. The van der Waals surface area contributed by atoms with Crippen LogP contribution in [0.3, 0.4) is 0 Å². The molecule has 0 radical (unpaired) electrons. The molecule has 6 heterocycles. The van der Waals surface area contributed by atoms with Crippen LogP contribution in [-0.4, -0.2) is 252 Å². The molecule has 4 atom stereocenters. The van der Waals surface area contributed by atoms with E-state index in [1.54, 1.807) is 79.4 Å². The number of ether oxygens (including phenoxy) is 14. The SMILES string of the molecule is COc1cc2c(cc1OCCCOc1cc3c(cc1OC)C(=O)N1C=C(c4ccc5c(c4)OCO5)C[C@H]1C=N3)N=C[C@@H]1CC(c3ccc(NC(=O)[C@H](C)NC(=O)C(NC(=O)CCOCCOCCOCCOCCOCCOCCOCCOCCNC(=O)CCN4C(=O)C=CC4=O)C(C)C)cc3)=CN1C2=O. The summed E-state index contributed by atoms with van der Waals surface area (Å²) < 4.78 is 78.9. The second kappa shape index (κ2) is 40.6. The number of fused-ring (bicyclic) bond motifs is 5. The number of aliphatic imine (C=N–C) groups is 2. The zero-order chi connectivity index (χ0) is 75.4. The lowest BCUT2D eigenvalue weighted by atomic mass is 10.0. The minimum Gasteiger partial charge on any atom is -0.493 e. The van der Waals surface area contributed by atoms with Gasteiger partial charge in [-0.3, -0.25) is 53.2 Å². The van der Waals surface area contributed by atoms with Crippen molar-refractivity contribution in [1.82, 2.24) is 30.7 Å². The quantitative estimate of drug-likeness (QED) is 0.0302. The minimum atomic E-state index is -0.945. The topological polar surface area (TPSA) is 348 Å². The predicted molar refractivity (Wildman–Crippen MR) is 390 cm³/mol. The van der Waals surface area contributed by atoms with Gasteiger partial charge in [-0.25, -0.2) is 0 Å². The van der Waals surface area contributed by atoms with Crippen LogP contribution in [0.4, 0.5) is 17.1 Å². The van der Waals surface area contributed by atoms with Crippen LogP contribution in [-0.2, 0) is 66.7 Å². The van der Waals surface area contributed by atoms with E-state index >= 15 is 0 Å². The largest absolute Gasteiger partial charge is 0.493 e. The number of carbonyl (C=O) groups is 8. The van der Waals surface area contributed by atoms with E-state index in [4.69, 9.17) is 76.3 Å². The Morgan fingerprint density at radius 2 is 0.991 bits per heavy atom. The summed E-state index contributed by atoms with van der Waals surface area (Å²) in [5.74, 6) is -0.287. The first-order valence-electron chi connectivity index (χ1n) is 35.7. The summed E-state index contributed by atoms with van der Waals surface area (Å²) in [5, 5.41) is 11.0. The summed E-state index contributed by atoms with van der Waals surface area (Å²) >= 11 is 0. The van der Waals surface area contributed by atoms with E-state index in [1.807, 2.05) is 42.7 Å². The Bertz CT molecular complexity index is 3920. The van der Waals surface area contributed by atoms with Gasteiger partial charge in [0.1, 0.15) is 12.1 Å². The van der Waals surface area contributed by atoms with Crippen molar-refractivity contribution in [2.75, 3.05) is 158 Å². The normalized spacial score (nSPS) is 16.5. The number of hydrogen-bond donors (Lipinski definition) is 4. The third-order valence-corrected chi connectivity index (χ3v) is 17.6. The lowest BCUT2D eigenvalue weighted by Crippen LogP contribution is -2.53. The molecule has 8 amide bonds. The standard InChI is InChI=1S/C76H93N9O22/c1-49(2)72(82-69(87)16-21-96-23-25-98-27-29-100-31-33-102-35-36-103-34-32-101-30-28-99-26-24-97-22-17-77-68(86)15-18-83-70(88)13-14-71(83)89)74(91)80-50(3)73(90)81-55-10-7-51(8-11-55)53-37-56-44-78-60-42-66(63(94-4)40-58(60)75(92)84(56)46-53)104-19-6-20-105-67-43-61-59(41-64(67)95-5)76(93)85-47-54(38-57(85)45-79-61)52-9-12-62-65(39-52)107-48-106-62/h7-14,39-47,49-50,56-57,72H,6,15-38,48H2,1-5H3,(H,77,86)(H,80,91)(H,81,90)(H,82,87)/t50-,56-,57-,72?/m0/s1. The third kappa shape index (κ3) is 22.7. The van der Waals surface area contributed by atoms with Gasteiger partial charge in [-0.05, 0) is 71.5 Å². The predicted octanol–water partition coefficient (Wildman–Crippen LogP) is 5.76. The van der Waals surface area contributed by atoms with Gasteiger partial charge < -0.3 is 97.4 Å². The van der Waals surface area contributed by atoms with Crippen LogP contribution in [0.15, 0.2) is 101 Å². The van der Waals surface area contributed by atoms with Crippen molar-refractivity contribution in [3.63, 3.8) is 0 Å². The smallest absolute Gasteiger partial charge is 0.260 e. The molecule has 0 spiro atoms. The fraction of sp³-hybridized carbons (Fsp3) is 0.474. The molecule has 0 fully saturated rings. The highest BCUT2D eigenvalue weighted by atomic mass is 16.7. The average molecular weight is 1480 g/mol. The maximum Gasteiger partial charge on any atom is 0.260 e. The molecule has 6 aliphatic rings. The first-order valence-corrected chi connectivity index (χ1v) is 35.7. The summed E-state index contributed by atoms with van der Waals surface area (Å²) in [7, 11) is 3.02.